The lowest BCUT2D eigenvalue weighted by Crippen LogP contribution is -2.42. The van der Waals surface area contributed by atoms with E-state index in [1.165, 1.54) is 6.42 Å². The summed E-state index contributed by atoms with van der Waals surface area (Å²) in [6.45, 7) is 8.39. The van der Waals surface area contributed by atoms with Crippen molar-refractivity contribution in [2.75, 3.05) is 18.5 Å². The lowest BCUT2D eigenvalue weighted by atomic mass is 9.94. The molecule has 0 bridgehead atoms. The fraction of sp³-hybridized carbons (Fsp3) is 0.667. The number of hydrogen-bond donors (Lipinski definition) is 2. The van der Waals surface area contributed by atoms with Gasteiger partial charge in [0.25, 0.3) is 0 Å². The van der Waals surface area contributed by atoms with Crippen molar-refractivity contribution in [2.24, 2.45) is 0 Å². The number of piperidine rings is 1. The number of nitrogens with one attached hydrogen (secondary N) is 2. The molecule has 1 fully saturated rings. The normalized spacial score (nSPS) is 19.0. The highest BCUT2D eigenvalue weighted by Gasteiger charge is 2.19. The zero-order valence-corrected chi connectivity index (χ0v) is 14.7. The molecule has 0 aromatic carbocycles. The molecule has 2 N–H and O–H groups in total. The van der Waals surface area contributed by atoms with Crippen molar-refractivity contribution in [1.29, 1.82) is 0 Å². The predicted molar refractivity (Wildman–Crippen MR) is 90.0 cm³/mol. The van der Waals surface area contributed by atoms with Crippen molar-refractivity contribution in [3.63, 3.8) is 0 Å². The van der Waals surface area contributed by atoms with E-state index in [0.29, 0.717) is 11.8 Å². The van der Waals surface area contributed by atoms with Gasteiger partial charge in [0, 0.05) is 12.0 Å². The van der Waals surface area contributed by atoms with Crippen molar-refractivity contribution in [3.05, 3.63) is 24.0 Å². The first-order valence-corrected chi connectivity index (χ1v) is 8.97. The number of oxazole rings is 1. The standard InChI is InChI=1S/C15H24N6OS/c1-15(2,3)12-8-17-13(22-12)10-23-14-9-18-21(20-14)19-11-5-4-6-16-7-11/h8-9,11,16,19H,4-7,10H2,1-3H3. The molecule has 3 rings (SSSR count). The van der Waals surface area contributed by atoms with Crippen molar-refractivity contribution >= 4 is 11.8 Å². The number of nitrogens with zero attached hydrogens (tertiary/aromatic N) is 4. The van der Waals surface area contributed by atoms with Gasteiger partial charge in [-0.3, -0.25) is 5.43 Å². The molecular weight excluding hydrogens is 312 g/mol. The Kier molecular flexibility index (Phi) is 4.91. The maximum absolute atomic E-state index is 5.79. The highest BCUT2D eigenvalue weighted by Crippen LogP contribution is 2.25. The summed E-state index contributed by atoms with van der Waals surface area (Å²) in [7, 11) is 0. The molecule has 1 unspecified atom stereocenters. The number of aromatic nitrogens is 4. The van der Waals surface area contributed by atoms with Crippen LogP contribution in [0.5, 0.6) is 0 Å². The quantitative estimate of drug-likeness (QED) is 0.810. The van der Waals surface area contributed by atoms with E-state index in [0.717, 1.165) is 36.2 Å². The van der Waals surface area contributed by atoms with Crippen LogP contribution >= 0.6 is 11.8 Å². The Morgan fingerprint density at radius 3 is 3.00 bits per heavy atom. The maximum atomic E-state index is 5.79. The Hall–Kier alpha value is -1.54. The molecule has 7 nitrogen and oxygen atoms in total. The third kappa shape index (κ3) is 4.48. The molecule has 2 aromatic rings. The first-order valence-electron chi connectivity index (χ1n) is 7.98. The molecule has 0 saturated carbocycles. The average Bonchev–Trinajstić information content (AvgIpc) is 3.15. The highest BCUT2D eigenvalue weighted by atomic mass is 32.2. The van der Waals surface area contributed by atoms with Crippen LogP contribution in [-0.4, -0.2) is 39.2 Å². The van der Waals surface area contributed by atoms with E-state index in [1.54, 1.807) is 22.9 Å². The van der Waals surface area contributed by atoms with E-state index in [1.807, 2.05) is 6.20 Å². The number of hydrogen-bond acceptors (Lipinski definition) is 7. The minimum atomic E-state index is -0.0169. The highest BCUT2D eigenvalue weighted by molar-refractivity contribution is 7.98. The molecule has 1 saturated heterocycles. The van der Waals surface area contributed by atoms with Gasteiger partial charge in [-0.1, -0.05) is 37.4 Å². The van der Waals surface area contributed by atoms with Crippen LogP contribution in [0.2, 0.25) is 0 Å². The van der Waals surface area contributed by atoms with Crippen LogP contribution in [0.4, 0.5) is 0 Å². The SMILES string of the molecule is CC(C)(C)c1cnc(CSc2cnn(NC3CCCNC3)n2)o1. The summed E-state index contributed by atoms with van der Waals surface area (Å²) in [6, 6.07) is 0.384. The lowest BCUT2D eigenvalue weighted by Gasteiger charge is -2.23. The summed E-state index contributed by atoms with van der Waals surface area (Å²) >= 11 is 1.57. The summed E-state index contributed by atoms with van der Waals surface area (Å²) in [5, 5.41) is 12.9. The Balaban J connectivity index is 1.51. The molecule has 23 heavy (non-hydrogen) atoms. The summed E-state index contributed by atoms with van der Waals surface area (Å²) in [5.74, 6) is 2.28. The Morgan fingerprint density at radius 2 is 2.30 bits per heavy atom. The predicted octanol–water partition coefficient (Wildman–Crippen LogP) is 2.15. The number of rotatable bonds is 5. The van der Waals surface area contributed by atoms with Crippen LogP contribution in [0.1, 0.15) is 45.3 Å². The van der Waals surface area contributed by atoms with Gasteiger partial charge in [0.1, 0.15) is 10.8 Å². The van der Waals surface area contributed by atoms with E-state index in [4.69, 9.17) is 4.42 Å². The zero-order chi connectivity index (χ0) is 16.3. The van der Waals surface area contributed by atoms with Crippen LogP contribution in [0.3, 0.4) is 0 Å². The van der Waals surface area contributed by atoms with Crippen LogP contribution < -0.4 is 10.7 Å². The average molecular weight is 336 g/mol. The molecule has 2 aromatic heterocycles. The molecule has 3 heterocycles. The second kappa shape index (κ2) is 6.92. The minimum Gasteiger partial charge on any atom is -0.444 e. The first-order chi connectivity index (χ1) is 11.0. The molecule has 1 aliphatic rings. The Morgan fingerprint density at radius 1 is 1.43 bits per heavy atom. The third-order valence-electron chi connectivity index (χ3n) is 3.70. The summed E-state index contributed by atoms with van der Waals surface area (Å²) in [4.78, 5) is 5.90. The van der Waals surface area contributed by atoms with Crippen LogP contribution in [0.15, 0.2) is 21.8 Å². The number of thioether (sulfide) groups is 1. The van der Waals surface area contributed by atoms with Crippen molar-refractivity contribution in [1.82, 2.24) is 25.4 Å². The van der Waals surface area contributed by atoms with Gasteiger partial charge in [-0.15, -0.1) is 10.2 Å². The van der Waals surface area contributed by atoms with E-state index in [9.17, 15) is 0 Å². The summed E-state index contributed by atoms with van der Waals surface area (Å²) < 4.78 is 5.79. The Labute approximate surface area is 140 Å². The molecule has 0 radical (unpaired) electrons. The van der Waals surface area contributed by atoms with Gasteiger partial charge in [0.2, 0.25) is 5.89 Å². The third-order valence-corrected chi connectivity index (χ3v) is 4.58. The van der Waals surface area contributed by atoms with Crippen molar-refractivity contribution < 1.29 is 4.42 Å². The summed E-state index contributed by atoms with van der Waals surface area (Å²) in [5.41, 5.74) is 3.29. The molecule has 126 valence electrons. The fourth-order valence-corrected chi connectivity index (χ4v) is 3.02. The lowest BCUT2D eigenvalue weighted by molar-refractivity contribution is 0.390. The van der Waals surface area contributed by atoms with E-state index in [-0.39, 0.29) is 5.41 Å². The topological polar surface area (TPSA) is 80.8 Å². The molecule has 0 aliphatic carbocycles. The van der Waals surface area contributed by atoms with E-state index >= 15 is 0 Å². The van der Waals surface area contributed by atoms with Crippen LogP contribution in [0, 0.1) is 0 Å². The molecule has 1 aliphatic heterocycles. The van der Waals surface area contributed by atoms with E-state index in [2.05, 4.69) is 46.7 Å². The molecule has 0 spiro atoms. The maximum Gasteiger partial charge on any atom is 0.204 e. The van der Waals surface area contributed by atoms with Gasteiger partial charge in [-0.25, -0.2) is 4.98 Å². The van der Waals surface area contributed by atoms with Crippen molar-refractivity contribution in [2.45, 2.75) is 55.8 Å². The first kappa shape index (κ1) is 16.3. The van der Waals surface area contributed by atoms with Crippen molar-refractivity contribution in [3.8, 4) is 0 Å². The van der Waals surface area contributed by atoms with Gasteiger partial charge in [-0.2, -0.15) is 0 Å². The molecular formula is C15H24N6OS. The molecule has 8 heteroatoms. The fourth-order valence-electron chi connectivity index (χ4n) is 2.36. The monoisotopic (exact) mass is 336 g/mol. The second-order valence-electron chi connectivity index (χ2n) is 6.80. The van der Waals surface area contributed by atoms with Crippen LogP contribution in [-0.2, 0) is 11.2 Å². The van der Waals surface area contributed by atoms with Gasteiger partial charge in [0.05, 0.1) is 24.2 Å². The van der Waals surface area contributed by atoms with Gasteiger partial charge in [0.15, 0.2) is 0 Å². The second-order valence-corrected chi connectivity index (χ2v) is 7.80. The minimum absolute atomic E-state index is 0.0169. The van der Waals surface area contributed by atoms with Crippen LogP contribution in [0.25, 0.3) is 0 Å². The Bertz CT molecular complexity index is 626. The smallest absolute Gasteiger partial charge is 0.204 e. The largest absolute Gasteiger partial charge is 0.444 e. The molecule has 0 amide bonds. The molecule has 1 atom stereocenters. The summed E-state index contributed by atoms with van der Waals surface area (Å²) in [6.07, 6.45) is 5.90. The van der Waals surface area contributed by atoms with Gasteiger partial charge < -0.3 is 9.73 Å². The zero-order valence-electron chi connectivity index (χ0n) is 13.9. The van der Waals surface area contributed by atoms with Gasteiger partial charge in [-0.05, 0) is 19.4 Å². The van der Waals surface area contributed by atoms with Gasteiger partial charge >= 0.3 is 0 Å². The van der Waals surface area contributed by atoms with E-state index < -0.39 is 0 Å².